The van der Waals surface area contributed by atoms with E-state index in [-0.39, 0.29) is 22.8 Å². The number of nitrogens with one attached hydrogen (secondary N) is 2. The van der Waals surface area contributed by atoms with Gasteiger partial charge in [0.2, 0.25) is 0 Å². The van der Waals surface area contributed by atoms with Gasteiger partial charge in [0, 0.05) is 24.8 Å². The summed E-state index contributed by atoms with van der Waals surface area (Å²) in [6.07, 6.45) is 2.00. The van der Waals surface area contributed by atoms with E-state index in [4.69, 9.17) is 10.6 Å². The molecule has 1 unspecified atom stereocenters. The molecular weight excluding hydrogens is 276 g/mol. The number of nitrogens with zero attached hydrogens (tertiary/aromatic N) is 1. The van der Waals surface area contributed by atoms with Crippen LogP contribution in [-0.4, -0.2) is 30.6 Å². The second-order valence-corrected chi connectivity index (χ2v) is 4.93. The van der Waals surface area contributed by atoms with E-state index in [1.54, 1.807) is 0 Å². The zero-order valence-corrected chi connectivity index (χ0v) is 11.5. The van der Waals surface area contributed by atoms with Crippen molar-refractivity contribution < 1.29 is 14.5 Å². The number of hydrogen-bond donors (Lipinski definition) is 3. The van der Waals surface area contributed by atoms with Crippen molar-refractivity contribution in [1.29, 1.82) is 0 Å². The molecule has 1 aromatic carbocycles. The molecule has 1 fully saturated rings. The molecule has 1 aliphatic rings. The number of ether oxygens (including phenoxy) is 1. The molecule has 0 bridgehead atoms. The molecule has 1 atom stereocenters. The highest BCUT2D eigenvalue weighted by atomic mass is 16.6. The monoisotopic (exact) mass is 294 g/mol. The first-order valence-electron chi connectivity index (χ1n) is 6.73. The van der Waals surface area contributed by atoms with Crippen LogP contribution in [0.25, 0.3) is 0 Å². The number of carbonyl (C=O) groups excluding carboxylic acids is 1. The molecule has 8 nitrogen and oxygen atoms in total. The maximum absolute atomic E-state index is 12.0. The molecule has 1 aromatic rings. The molecule has 1 aliphatic heterocycles. The fourth-order valence-corrected chi connectivity index (χ4v) is 2.25. The van der Waals surface area contributed by atoms with E-state index in [0.717, 1.165) is 19.4 Å². The van der Waals surface area contributed by atoms with Gasteiger partial charge in [-0.15, -0.1) is 0 Å². The number of nitro groups is 1. The summed E-state index contributed by atoms with van der Waals surface area (Å²) in [5.74, 6) is 5.16. The second-order valence-electron chi connectivity index (χ2n) is 4.93. The van der Waals surface area contributed by atoms with Crippen LogP contribution in [0.4, 0.5) is 11.4 Å². The molecule has 21 heavy (non-hydrogen) atoms. The zero-order chi connectivity index (χ0) is 15.2. The Labute approximate surface area is 121 Å². The van der Waals surface area contributed by atoms with E-state index in [9.17, 15) is 14.9 Å². The topological polar surface area (TPSA) is 120 Å². The van der Waals surface area contributed by atoms with Crippen LogP contribution >= 0.6 is 0 Å². The highest BCUT2D eigenvalue weighted by molar-refractivity contribution is 5.95. The number of nitrogens with two attached hydrogens (primary N) is 1. The van der Waals surface area contributed by atoms with E-state index in [0.29, 0.717) is 19.1 Å². The number of hydrazine groups is 1. The summed E-state index contributed by atoms with van der Waals surface area (Å²) in [5.41, 5.74) is 2.40. The van der Waals surface area contributed by atoms with Crippen LogP contribution < -0.4 is 16.6 Å². The Hall–Kier alpha value is -2.19. The number of hydrogen-bond acceptors (Lipinski definition) is 6. The number of amides is 1. The summed E-state index contributed by atoms with van der Waals surface area (Å²) >= 11 is 0. The summed E-state index contributed by atoms with van der Waals surface area (Å²) < 4.78 is 5.34. The maximum Gasteiger partial charge on any atom is 0.294 e. The van der Waals surface area contributed by atoms with Crippen molar-refractivity contribution in [3.8, 4) is 0 Å². The Balaban J connectivity index is 2.01. The lowest BCUT2D eigenvalue weighted by Gasteiger charge is -2.22. The summed E-state index contributed by atoms with van der Waals surface area (Å²) in [4.78, 5) is 22.4. The number of anilines is 1. The van der Waals surface area contributed by atoms with Gasteiger partial charge in [-0.2, -0.15) is 0 Å². The fraction of sp³-hybridized carbons (Fsp3) is 0.462. The van der Waals surface area contributed by atoms with Crippen molar-refractivity contribution in [3.63, 3.8) is 0 Å². The Bertz CT molecular complexity index is 529. The molecule has 1 heterocycles. The van der Waals surface area contributed by atoms with E-state index in [2.05, 4.69) is 10.7 Å². The third kappa shape index (κ3) is 3.89. The van der Waals surface area contributed by atoms with Crippen molar-refractivity contribution in [2.75, 3.05) is 25.2 Å². The summed E-state index contributed by atoms with van der Waals surface area (Å²) in [6, 6.07) is 4.12. The van der Waals surface area contributed by atoms with E-state index < -0.39 is 4.92 Å². The molecule has 8 heteroatoms. The van der Waals surface area contributed by atoms with Crippen LogP contribution in [-0.2, 0) is 4.74 Å². The lowest BCUT2D eigenvalue weighted by molar-refractivity contribution is -0.384. The molecular formula is C13H18N4O4. The van der Waals surface area contributed by atoms with Crippen molar-refractivity contribution in [3.05, 3.63) is 33.9 Å². The smallest absolute Gasteiger partial charge is 0.294 e. The minimum Gasteiger partial charge on any atom is -0.381 e. The van der Waals surface area contributed by atoms with Gasteiger partial charge in [-0.3, -0.25) is 20.8 Å². The lowest BCUT2D eigenvalue weighted by Crippen LogP contribution is -2.33. The van der Waals surface area contributed by atoms with E-state index >= 15 is 0 Å². The zero-order valence-electron chi connectivity index (χ0n) is 11.5. The quantitative estimate of drug-likeness (QED) is 0.424. The summed E-state index contributed by atoms with van der Waals surface area (Å²) in [5, 5.41) is 13.7. The van der Waals surface area contributed by atoms with Crippen LogP contribution in [0.2, 0.25) is 0 Å². The molecule has 4 N–H and O–H groups in total. The number of carbonyl (C=O) groups is 1. The van der Waals surface area contributed by atoms with Crippen LogP contribution in [0, 0.1) is 16.0 Å². The fourth-order valence-electron chi connectivity index (χ4n) is 2.25. The Morgan fingerprint density at radius 3 is 2.95 bits per heavy atom. The largest absolute Gasteiger partial charge is 0.381 e. The SMILES string of the molecule is NNc1ccc(C(=O)NCC2CCCOC2)cc1[N+](=O)[O-]. The molecule has 0 saturated carbocycles. The minimum atomic E-state index is -0.582. The van der Waals surface area contributed by atoms with E-state index in [1.807, 2.05) is 0 Å². The predicted octanol–water partition coefficient (Wildman–Crippen LogP) is 1.04. The average molecular weight is 294 g/mol. The Morgan fingerprint density at radius 1 is 1.52 bits per heavy atom. The van der Waals surface area contributed by atoms with Crippen LogP contribution in [0.3, 0.4) is 0 Å². The number of benzene rings is 1. The van der Waals surface area contributed by atoms with Crippen molar-refractivity contribution in [1.82, 2.24) is 5.32 Å². The first kappa shape index (κ1) is 15.2. The van der Waals surface area contributed by atoms with Gasteiger partial charge in [0.25, 0.3) is 11.6 Å². The van der Waals surface area contributed by atoms with Gasteiger partial charge < -0.3 is 15.5 Å². The highest BCUT2D eigenvalue weighted by Crippen LogP contribution is 2.24. The lowest BCUT2D eigenvalue weighted by atomic mass is 10.0. The van der Waals surface area contributed by atoms with Gasteiger partial charge in [-0.1, -0.05) is 0 Å². The van der Waals surface area contributed by atoms with Crippen molar-refractivity contribution >= 4 is 17.3 Å². The van der Waals surface area contributed by atoms with Gasteiger partial charge in [0.05, 0.1) is 11.5 Å². The third-order valence-electron chi connectivity index (χ3n) is 3.42. The summed E-state index contributed by atoms with van der Waals surface area (Å²) in [7, 11) is 0. The molecule has 1 amide bonds. The molecule has 0 spiro atoms. The summed E-state index contributed by atoms with van der Waals surface area (Å²) in [6.45, 7) is 1.91. The minimum absolute atomic E-state index is 0.164. The van der Waals surface area contributed by atoms with Crippen LogP contribution in [0.5, 0.6) is 0 Å². The second kappa shape index (κ2) is 7.00. The number of nitro benzene ring substituents is 1. The van der Waals surface area contributed by atoms with Crippen LogP contribution in [0.15, 0.2) is 18.2 Å². The van der Waals surface area contributed by atoms with Gasteiger partial charge >= 0.3 is 0 Å². The Morgan fingerprint density at radius 2 is 2.33 bits per heavy atom. The number of rotatable bonds is 5. The van der Waals surface area contributed by atoms with Crippen molar-refractivity contribution in [2.24, 2.45) is 11.8 Å². The standard InChI is InChI=1S/C13H18N4O4/c14-16-11-4-3-10(6-12(11)17(19)20)13(18)15-7-9-2-1-5-21-8-9/h3-4,6,9,16H,1-2,5,7-8,14H2,(H,15,18). The normalized spacial score (nSPS) is 18.0. The van der Waals surface area contributed by atoms with Crippen molar-refractivity contribution in [2.45, 2.75) is 12.8 Å². The van der Waals surface area contributed by atoms with Gasteiger partial charge in [0.1, 0.15) is 5.69 Å². The molecule has 0 aliphatic carbocycles. The van der Waals surface area contributed by atoms with Gasteiger partial charge in [-0.05, 0) is 30.9 Å². The van der Waals surface area contributed by atoms with E-state index in [1.165, 1.54) is 18.2 Å². The first-order valence-corrected chi connectivity index (χ1v) is 6.73. The number of nitrogen functional groups attached to an aromatic ring is 1. The third-order valence-corrected chi connectivity index (χ3v) is 3.42. The maximum atomic E-state index is 12.0. The Kier molecular flexibility index (Phi) is 5.07. The average Bonchev–Trinajstić information content (AvgIpc) is 2.52. The molecule has 0 radical (unpaired) electrons. The van der Waals surface area contributed by atoms with Gasteiger partial charge in [-0.25, -0.2) is 0 Å². The molecule has 114 valence electrons. The first-order chi connectivity index (χ1) is 10.1. The highest BCUT2D eigenvalue weighted by Gasteiger charge is 2.19. The molecule has 2 rings (SSSR count). The van der Waals surface area contributed by atoms with Gasteiger partial charge in [0.15, 0.2) is 0 Å². The molecule has 0 aromatic heterocycles. The van der Waals surface area contributed by atoms with Crippen LogP contribution in [0.1, 0.15) is 23.2 Å². The predicted molar refractivity (Wildman–Crippen MR) is 76.8 cm³/mol. The molecule has 1 saturated heterocycles.